The van der Waals surface area contributed by atoms with Crippen molar-refractivity contribution in [2.75, 3.05) is 26.1 Å². The molecule has 1 heterocycles. The number of ether oxygens (including phenoxy) is 4. The fraction of sp³-hybridized carbons (Fsp3) is 0.200. The molecule has 5 aromatic rings. The van der Waals surface area contributed by atoms with Crippen molar-refractivity contribution in [3.05, 3.63) is 96.6 Å². The van der Waals surface area contributed by atoms with E-state index < -0.39 is 18.0 Å². The molecule has 0 aliphatic carbocycles. The molecule has 0 fully saturated rings. The Morgan fingerprint density at radius 2 is 1.25 bits per heavy atom. The van der Waals surface area contributed by atoms with E-state index in [0.29, 0.717) is 46.9 Å². The molecule has 1 atom stereocenters. The minimum Gasteiger partial charge on any atom is -0.497 e. The van der Waals surface area contributed by atoms with Crippen LogP contribution in [0.1, 0.15) is 30.6 Å². The van der Waals surface area contributed by atoms with Crippen molar-refractivity contribution in [3.8, 4) is 39.8 Å². The quantitative estimate of drug-likeness (QED) is 0.164. The lowest BCUT2D eigenvalue weighted by atomic mass is 10.0. The third-order valence-electron chi connectivity index (χ3n) is 6.97. The predicted octanol–water partition coefficient (Wildman–Crippen LogP) is 6.95. The average Bonchev–Trinajstić information content (AvgIpc) is 3.07. The van der Waals surface area contributed by atoms with E-state index in [0.717, 1.165) is 22.6 Å². The third kappa shape index (κ3) is 6.78. The Labute approximate surface area is 255 Å². The summed E-state index contributed by atoms with van der Waals surface area (Å²) < 4.78 is 21.7. The highest BCUT2D eigenvalue weighted by molar-refractivity contribution is 5.99. The summed E-state index contributed by atoms with van der Waals surface area (Å²) in [5.41, 5.74) is 4.95. The van der Waals surface area contributed by atoms with Gasteiger partial charge in [0.05, 0.1) is 48.8 Å². The maximum Gasteiger partial charge on any atom is 0.338 e. The minimum absolute atomic E-state index is 0.261. The van der Waals surface area contributed by atoms with E-state index in [1.54, 1.807) is 63.6 Å². The first-order chi connectivity index (χ1) is 21.4. The normalized spacial score (nSPS) is 11.5. The molecule has 4 aromatic carbocycles. The summed E-state index contributed by atoms with van der Waals surface area (Å²) in [7, 11) is 3.23. The summed E-state index contributed by atoms with van der Waals surface area (Å²) in [6.45, 7) is 4.23. The van der Waals surface area contributed by atoms with Crippen LogP contribution in [0.15, 0.2) is 91.0 Å². The van der Waals surface area contributed by atoms with Gasteiger partial charge in [-0.15, -0.1) is 0 Å². The number of rotatable bonds is 11. The number of nitrogens with one attached hydrogen (secondary N) is 1. The molecule has 44 heavy (non-hydrogen) atoms. The Balaban J connectivity index is 1.42. The average molecular weight is 592 g/mol. The van der Waals surface area contributed by atoms with E-state index in [-0.39, 0.29) is 5.56 Å². The lowest BCUT2D eigenvalue weighted by molar-refractivity contribution is -0.124. The molecule has 1 amide bonds. The summed E-state index contributed by atoms with van der Waals surface area (Å²) in [6, 6.07) is 27.1. The van der Waals surface area contributed by atoms with Crippen LogP contribution in [-0.4, -0.2) is 48.8 Å². The Morgan fingerprint density at radius 3 is 1.77 bits per heavy atom. The van der Waals surface area contributed by atoms with Crippen molar-refractivity contribution >= 4 is 28.6 Å². The van der Waals surface area contributed by atoms with Gasteiger partial charge < -0.3 is 24.3 Å². The number of carbonyl (C=O) groups excluding carboxylic acids is 2. The summed E-state index contributed by atoms with van der Waals surface area (Å²) in [5.74, 6) is 1.10. The minimum atomic E-state index is -0.983. The maximum atomic E-state index is 13.2. The summed E-state index contributed by atoms with van der Waals surface area (Å²) in [6.07, 6.45) is -0.683. The van der Waals surface area contributed by atoms with Gasteiger partial charge in [0, 0.05) is 16.8 Å². The van der Waals surface area contributed by atoms with Gasteiger partial charge in [-0.3, -0.25) is 4.79 Å². The molecular weight excluding hydrogens is 558 g/mol. The second kappa shape index (κ2) is 13.7. The number of benzene rings is 4. The van der Waals surface area contributed by atoms with Crippen LogP contribution < -0.4 is 19.5 Å². The monoisotopic (exact) mass is 591 g/mol. The molecule has 0 aliphatic rings. The number of aromatic nitrogens is 2. The fourth-order valence-electron chi connectivity index (χ4n) is 4.63. The van der Waals surface area contributed by atoms with Crippen molar-refractivity contribution in [1.29, 1.82) is 0 Å². The van der Waals surface area contributed by atoms with Crippen LogP contribution in [-0.2, 0) is 9.53 Å². The fourth-order valence-corrected chi connectivity index (χ4v) is 4.63. The van der Waals surface area contributed by atoms with Crippen molar-refractivity contribution in [3.63, 3.8) is 0 Å². The lowest BCUT2D eigenvalue weighted by Gasteiger charge is -2.17. The number of hydrogen-bond acceptors (Lipinski definition) is 8. The zero-order valence-corrected chi connectivity index (χ0v) is 25.0. The second-order valence-electron chi connectivity index (χ2n) is 9.83. The Morgan fingerprint density at radius 1 is 0.705 bits per heavy atom. The molecule has 5 rings (SSSR count). The molecule has 0 bridgehead atoms. The number of nitrogens with zero attached hydrogens (tertiary/aromatic N) is 2. The molecule has 1 unspecified atom stereocenters. The zero-order chi connectivity index (χ0) is 31.1. The number of fused-ring (bicyclic) bond motifs is 1. The van der Waals surface area contributed by atoms with Gasteiger partial charge >= 0.3 is 5.97 Å². The Bertz CT molecular complexity index is 1750. The molecule has 0 spiro atoms. The molecule has 1 aromatic heterocycles. The van der Waals surface area contributed by atoms with Crippen LogP contribution in [0, 0.1) is 0 Å². The van der Waals surface area contributed by atoms with Crippen LogP contribution in [0.5, 0.6) is 17.2 Å². The van der Waals surface area contributed by atoms with E-state index >= 15 is 0 Å². The molecule has 0 radical (unpaired) electrons. The molecule has 9 nitrogen and oxygen atoms in total. The van der Waals surface area contributed by atoms with E-state index in [1.165, 1.54) is 0 Å². The molecule has 1 N–H and O–H groups in total. The van der Waals surface area contributed by atoms with Gasteiger partial charge in [-0.05, 0) is 104 Å². The molecular formula is C35H33N3O6. The predicted molar refractivity (Wildman–Crippen MR) is 169 cm³/mol. The van der Waals surface area contributed by atoms with Crippen molar-refractivity contribution in [2.45, 2.75) is 26.4 Å². The second-order valence-corrected chi connectivity index (χ2v) is 9.83. The molecule has 224 valence electrons. The highest BCUT2D eigenvalue weighted by Gasteiger charge is 2.23. The Kier molecular flexibility index (Phi) is 9.34. The van der Waals surface area contributed by atoms with Gasteiger partial charge in [-0.2, -0.15) is 0 Å². The van der Waals surface area contributed by atoms with Gasteiger partial charge in [0.25, 0.3) is 5.91 Å². The molecule has 9 heteroatoms. The highest BCUT2D eigenvalue weighted by Crippen LogP contribution is 2.33. The van der Waals surface area contributed by atoms with Crippen molar-refractivity contribution < 1.29 is 28.5 Å². The topological polar surface area (TPSA) is 109 Å². The van der Waals surface area contributed by atoms with Gasteiger partial charge in [0.1, 0.15) is 17.2 Å². The Hall–Kier alpha value is -5.44. The first-order valence-electron chi connectivity index (χ1n) is 14.3. The van der Waals surface area contributed by atoms with E-state index in [2.05, 4.69) is 5.32 Å². The van der Waals surface area contributed by atoms with E-state index in [4.69, 9.17) is 28.9 Å². The van der Waals surface area contributed by atoms with Gasteiger partial charge in [-0.25, -0.2) is 14.8 Å². The number of carbonyl (C=O) groups is 2. The number of hydrogen-bond donors (Lipinski definition) is 1. The van der Waals surface area contributed by atoms with Crippen LogP contribution >= 0.6 is 0 Å². The molecule has 0 saturated carbocycles. The molecule has 0 aliphatic heterocycles. The first-order valence-corrected chi connectivity index (χ1v) is 14.3. The summed E-state index contributed by atoms with van der Waals surface area (Å²) in [5, 5.41) is 2.80. The number of amides is 1. The third-order valence-corrected chi connectivity index (χ3v) is 6.97. The van der Waals surface area contributed by atoms with E-state index in [1.807, 2.05) is 55.5 Å². The van der Waals surface area contributed by atoms with Crippen LogP contribution in [0.2, 0.25) is 0 Å². The number of methoxy groups -OCH3 is 2. The SMILES string of the molecule is CCOc1ccc(NC(=O)C(CC)OC(=O)c2ccc3nc(-c4ccc(OC)cc4)c(-c4ccc(OC)cc4)nc3c2)cc1. The van der Waals surface area contributed by atoms with Gasteiger partial charge in [0.15, 0.2) is 6.10 Å². The first kappa shape index (κ1) is 30.0. The highest BCUT2D eigenvalue weighted by atomic mass is 16.5. The molecule has 0 saturated heterocycles. The van der Waals surface area contributed by atoms with Gasteiger partial charge in [0.2, 0.25) is 0 Å². The van der Waals surface area contributed by atoms with Crippen molar-refractivity contribution in [1.82, 2.24) is 9.97 Å². The maximum absolute atomic E-state index is 13.2. The van der Waals surface area contributed by atoms with E-state index in [9.17, 15) is 9.59 Å². The smallest absolute Gasteiger partial charge is 0.338 e. The zero-order valence-electron chi connectivity index (χ0n) is 25.0. The van der Waals surface area contributed by atoms with Crippen LogP contribution in [0.25, 0.3) is 33.5 Å². The van der Waals surface area contributed by atoms with Crippen LogP contribution in [0.3, 0.4) is 0 Å². The largest absolute Gasteiger partial charge is 0.497 e. The number of anilines is 1. The van der Waals surface area contributed by atoms with Crippen LogP contribution in [0.4, 0.5) is 5.69 Å². The standard InChI is InChI=1S/C35H33N3O6/c1-5-31(34(39)36-25-12-18-28(19-13-25)43-6-2)44-35(40)24-11-20-29-30(21-24)38-33(23-9-16-27(42-4)17-10-23)32(37-29)22-7-14-26(41-3)15-8-22/h7-21,31H,5-6H2,1-4H3,(H,36,39). The van der Waals surface area contributed by atoms with Gasteiger partial charge in [-0.1, -0.05) is 6.92 Å². The summed E-state index contributed by atoms with van der Waals surface area (Å²) >= 11 is 0. The number of esters is 1. The lowest BCUT2D eigenvalue weighted by Crippen LogP contribution is -2.32. The van der Waals surface area contributed by atoms with Crippen molar-refractivity contribution in [2.24, 2.45) is 0 Å². The summed E-state index contributed by atoms with van der Waals surface area (Å²) in [4.78, 5) is 36.0.